The van der Waals surface area contributed by atoms with Gasteiger partial charge in [0.15, 0.2) is 34.5 Å². The lowest BCUT2D eigenvalue weighted by atomic mass is 9.93. The number of nitrogens with zero attached hydrogens (tertiary/aromatic N) is 1. The molecule has 8 nitrogen and oxygen atoms in total. The molecule has 1 aliphatic rings. The predicted octanol–water partition coefficient (Wildman–Crippen LogP) is 5.74. The molecule has 1 aliphatic heterocycles. The summed E-state index contributed by atoms with van der Waals surface area (Å²) in [7, 11) is 4.91. The van der Waals surface area contributed by atoms with Gasteiger partial charge in [0.05, 0.1) is 52.8 Å². The van der Waals surface area contributed by atoms with Crippen LogP contribution in [-0.4, -0.2) is 47.0 Å². The minimum Gasteiger partial charge on any atom is -0.493 e. The highest BCUT2D eigenvalue weighted by Crippen LogP contribution is 2.48. The van der Waals surface area contributed by atoms with Crippen LogP contribution in [0.2, 0.25) is 0 Å². The van der Waals surface area contributed by atoms with Crippen LogP contribution >= 0.6 is 0 Å². The predicted molar refractivity (Wildman–Crippen MR) is 148 cm³/mol. The number of aliphatic imine (C=N–C) groups is 1. The summed E-state index contributed by atoms with van der Waals surface area (Å²) < 4.78 is 35.1. The molecule has 0 spiro atoms. The van der Waals surface area contributed by atoms with Crippen molar-refractivity contribution in [3.63, 3.8) is 0 Å². The van der Waals surface area contributed by atoms with E-state index in [4.69, 9.17) is 33.4 Å². The summed E-state index contributed by atoms with van der Waals surface area (Å²) in [6, 6.07) is 16.9. The summed E-state index contributed by atoms with van der Waals surface area (Å²) >= 11 is 0. The van der Waals surface area contributed by atoms with Gasteiger partial charge in [0.25, 0.3) is 0 Å². The van der Waals surface area contributed by atoms with E-state index in [9.17, 15) is 0 Å². The smallest absolute Gasteiger partial charge is 0.172 e. The first-order valence-corrected chi connectivity index (χ1v) is 12.9. The molecule has 202 valence electrons. The van der Waals surface area contributed by atoms with E-state index in [-0.39, 0.29) is 12.1 Å². The molecule has 3 aromatic rings. The molecule has 0 radical (unpaired) electrons. The van der Waals surface area contributed by atoms with Crippen LogP contribution in [0.4, 0.5) is 0 Å². The monoisotopic (exact) mass is 520 g/mol. The zero-order valence-corrected chi connectivity index (χ0v) is 22.9. The topological polar surface area (TPSA) is 79.8 Å². The fraction of sp³-hybridized carbons (Fsp3) is 0.367. The van der Waals surface area contributed by atoms with E-state index in [0.717, 1.165) is 16.7 Å². The summed E-state index contributed by atoms with van der Waals surface area (Å²) in [5.41, 5.74) is 2.62. The molecule has 0 saturated carbocycles. The Morgan fingerprint density at radius 3 is 1.66 bits per heavy atom. The third-order valence-electron chi connectivity index (χ3n) is 6.31. The standard InChI is InChI=1S/C30H36N2O6/c1-7-36-27-19(13-10-16-22(27)33-4)25-26(20-14-11-17-23(34-5)28(20)37-8-2)32-30(31-25)21-15-12-18-24(35-6)29(21)38-9-3/h10-18,25-26H,7-9H2,1-6H3,(H,31,32)/t25-,26+. The van der Waals surface area contributed by atoms with Crippen molar-refractivity contribution in [2.45, 2.75) is 32.9 Å². The number of rotatable bonds is 12. The average molecular weight is 521 g/mol. The second kappa shape index (κ2) is 12.4. The van der Waals surface area contributed by atoms with E-state index < -0.39 is 0 Å². The van der Waals surface area contributed by atoms with E-state index in [1.165, 1.54) is 0 Å². The fourth-order valence-corrected chi connectivity index (χ4v) is 4.74. The molecule has 0 aliphatic carbocycles. The van der Waals surface area contributed by atoms with Crippen LogP contribution in [0, 0.1) is 0 Å². The third kappa shape index (κ3) is 5.16. The third-order valence-corrected chi connectivity index (χ3v) is 6.31. The van der Waals surface area contributed by atoms with E-state index in [2.05, 4.69) is 5.32 Å². The van der Waals surface area contributed by atoms with E-state index in [1.54, 1.807) is 21.3 Å². The molecule has 38 heavy (non-hydrogen) atoms. The van der Waals surface area contributed by atoms with Crippen LogP contribution in [0.15, 0.2) is 59.6 Å². The van der Waals surface area contributed by atoms with Gasteiger partial charge in [-0.3, -0.25) is 4.99 Å². The average Bonchev–Trinajstić information content (AvgIpc) is 3.38. The summed E-state index contributed by atoms with van der Waals surface area (Å²) in [5.74, 6) is 4.60. The van der Waals surface area contributed by atoms with Gasteiger partial charge in [0.1, 0.15) is 11.9 Å². The Hall–Kier alpha value is -4.07. The summed E-state index contributed by atoms with van der Waals surface area (Å²) in [6.45, 7) is 7.32. The van der Waals surface area contributed by atoms with Crippen LogP contribution in [0.25, 0.3) is 0 Å². The first kappa shape index (κ1) is 27.0. The maximum atomic E-state index is 6.10. The van der Waals surface area contributed by atoms with Crippen molar-refractivity contribution < 1.29 is 28.4 Å². The second-order valence-corrected chi connectivity index (χ2v) is 8.44. The zero-order chi connectivity index (χ0) is 27.1. The molecule has 0 unspecified atom stereocenters. The molecule has 0 fully saturated rings. The molecule has 1 heterocycles. The van der Waals surface area contributed by atoms with Crippen LogP contribution in [0.3, 0.4) is 0 Å². The van der Waals surface area contributed by atoms with Gasteiger partial charge in [-0.15, -0.1) is 0 Å². The lowest BCUT2D eigenvalue weighted by molar-refractivity contribution is 0.299. The van der Waals surface area contributed by atoms with Crippen molar-refractivity contribution in [3.8, 4) is 34.5 Å². The molecular weight excluding hydrogens is 484 g/mol. The van der Waals surface area contributed by atoms with Gasteiger partial charge in [0, 0.05) is 11.1 Å². The van der Waals surface area contributed by atoms with Crippen molar-refractivity contribution in [3.05, 3.63) is 71.3 Å². The normalized spacial score (nSPS) is 16.3. The van der Waals surface area contributed by atoms with Gasteiger partial charge in [-0.2, -0.15) is 0 Å². The number of para-hydroxylation sites is 3. The molecule has 0 amide bonds. The van der Waals surface area contributed by atoms with Gasteiger partial charge >= 0.3 is 0 Å². The quantitative estimate of drug-likeness (QED) is 0.326. The Labute approximate surface area is 224 Å². The molecule has 1 N–H and O–H groups in total. The summed E-state index contributed by atoms with van der Waals surface area (Å²) in [5, 5.41) is 3.66. The maximum Gasteiger partial charge on any atom is 0.172 e. The highest BCUT2D eigenvalue weighted by Gasteiger charge is 2.38. The number of ether oxygens (including phenoxy) is 6. The molecule has 8 heteroatoms. The van der Waals surface area contributed by atoms with E-state index in [1.807, 2.05) is 75.4 Å². The Morgan fingerprint density at radius 2 is 1.11 bits per heavy atom. The zero-order valence-electron chi connectivity index (χ0n) is 22.9. The molecule has 0 aromatic heterocycles. The SMILES string of the molecule is CCOc1c(OC)cccc1C1=N[C@@H](c2cccc(OC)c2OCC)[C@@H](c2cccc(OC)c2OCC)N1. The maximum absolute atomic E-state index is 6.10. The number of nitrogens with one attached hydrogen (secondary N) is 1. The highest BCUT2D eigenvalue weighted by atomic mass is 16.5. The minimum atomic E-state index is -0.367. The van der Waals surface area contributed by atoms with Crippen molar-refractivity contribution in [1.82, 2.24) is 5.32 Å². The van der Waals surface area contributed by atoms with Gasteiger partial charge in [-0.1, -0.05) is 30.3 Å². The van der Waals surface area contributed by atoms with Crippen LogP contribution in [0.1, 0.15) is 49.5 Å². The van der Waals surface area contributed by atoms with Crippen molar-refractivity contribution >= 4 is 5.84 Å². The minimum absolute atomic E-state index is 0.298. The molecule has 0 bridgehead atoms. The first-order valence-electron chi connectivity index (χ1n) is 12.9. The largest absolute Gasteiger partial charge is 0.493 e. The van der Waals surface area contributed by atoms with Gasteiger partial charge in [0.2, 0.25) is 0 Å². The molecule has 4 rings (SSSR count). The van der Waals surface area contributed by atoms with E-state index >= 15 is 0 Å². The summed E-state index contributed by atoms with van der Waals surface area (Å²) in [4.78, 5) is 5.22. The second-order valence-electron chi connectivity index (χ2n) is 8.44. The van der Waals surface area contributed by atoms with E-state index in [0.29, 0.717) is 60.2 Å². The van der Waals surface area contributed by atoms with Gasteiger partial charge < -0.3 is 33.7 Å². The Bertz CT molecular complexity index is 1280. The lowest BCUT2D eigenvalue weighted by Gasteiger charge is -2.25. The van der Waals surface area contributed by atoms with Gasteiger partial charge in [-0.25, -0.2) is 0 Å². The Morgan fingerprint density at radius 1 is 0.632 bits per heavy atom. The van der Waals surface area contributed by atoms with Crippen molar-refractivity contribution in [2.75, 3.05) is 41.2 Å². The molecular formula is C30H36N2O6. The number of hydrogen-bond donors (Lipinski definition) is 1. The van der Waals surface area contributed by atoms with Crippen molar-refractivity contribution in [1.29, 1.82) is 0 Å². The van der Waals surface area contributed by atoms with Crippen LogP contribution in [-0.2, 0) is 0 Å². The Balaban J connectivity index is 1.93. The molecule has 0 saturated heterocycles. The first-order chi connectivity index (χ1) is 18.6. The van der Waals surface area contributed by atoms with Crippen LogP contribution in [0.5, 0.6) is 34.5 Å². The lowest BCUT2D eigenvalue weighted by Crippen LogP contribution is -2.26. The molecule has 3 aromatic carbocycles. The Kier molecular flexibility index (Phi) is 8.84. The summed E-state index contributed by atoms with van der Waals surface area (Å²) in [6.07, 6.45) is 0. The number of benzene rings is 3. The van der Waals surface area contributed by atoms with Crippen molar-refractivity contribution in [2.24, 2.45) is 4.99 Å². The fourth-order valence-electron chi connectivity index (χ4n) is 4.74. The highest BCUT2D eigenvalue weighted by molar-refractivity contribution is 6.03. The van der Waals surface area contributed by atoms with Gasteiger partial charge in [-0.05, 0) is 45.0 Å². The number of amidine groups is 1. The number of methoxy groups -OCH3 is 3. The number of hydrogen-bond acceptors (Lipinski definition) is 8. The van der Waals surface area contributed by atoms with Crippen LogP contribution < -0.4 is 33.7 Å². The molecule has 2 atom stereocenters.